The van der Waals surface area contributed by atoms with Gasteiger partial charge in [-0.15, -0.1) is 0 Å². The minimum absolute atomic E-state index is 0.0128. The van der Waals surface area contributed by atoms with Crippen molar-refractivity contribution in [2.75, 3.05) is 11.9 Å². The third-order valence-electron chi connectivity index (χ3n) is 2.42. The first-order valence-electron chi connectivity index (χ1n) is 5.15. The zero-order valence-electron chi connectivity index (χ0n) is 9.27. The van der Waals surface area contributed by atoms with E-state index in [2.05, 4.69) is 21.2 Å². The second-order valence-electron chi connectivity index (χ2n) is 3.58. The molecule has 17 heavy (non-hydrogen) atoms. The average molecular weight is 307 g/mol. The largest absolute Gasteiger partial charge is 0.330 e. The van der Waals surface area contributed by atoms with Gasteiger partial charge in [0.2, 0.25) is 5.91 Å². The van der Waals surface area contributed by atoms with Crippen molar-refractivity contribution in [1.82, 2.24) is 0 Å². The molecular formula is C11H13BrF2N2O. The summed E-state index contributed by atoms with van der Waals surface area (Å²) in [6, 6.07) is 1.90. The highest BCUT2D eigenvalue weighted by Gasteiger charge is 2.17. The third kappa shape index (κ3) is 3.47. The Morgan fingerprint density at radius 3 is 2.65 bits per heavy atom. The molecule has 0 aliphatic heterocycles. The predicted octanol–water partition coefficient (Wildman–Crippen LogP) is 2.65. The van der Waals surface area contributed by atoms with E-state index in [1.807, 2.05) is 0 Å². The van der Waals surface area contributed by atoms with Crippen molar-refractivity contribution >= 4 is 27.5 Å². The molecule has 1 aromatic carbocycles. The van der Waals surface area contributed by atoms with Crippen LogP contribution in [0.1, 0.15) is 13.3 Å². The molecule has 0 aliphatic carbocycles. The minimum Gasteiger partial charge on any atom is -0.330 e. The summed E-state index contributed by atoms with van der Waals surface area (Å²) in [7, 11) is 0. The topological polar surface area (TPSA) is 55.1 Å². The number of carbonyl (C=O) groups is 1. The van der Waals surface area contributed by atoms with E-state index in [1.165, 1.54) is 0 Å². The number of benzene rings is 1. The van der Waals surface area contributed by atoms with Gasteiger partial charge in [0, 0.05) is 12.6 Å². The monoisotopic (exact) mass is 306 g/mol. The lowest BCUT2D eigenvalue weighted by Crippen LogP contribution is -2.29. The van der Waals surface area contributed by atoms with Crippen LogP contribution in [0.2, 0.25) is 0 Å². The fraction of sp³-hybridized carbons (Fsp3) is 0.364. The van der Waals surface area contributed by atoms with Crippen molar-refractivity contribution in [3.05, 3.63) is 28.2 Å². The van der Waals surface area contributed by atoms with Gasteiger partial charge < -0.3 is 11.1 Å². The molecule has 1 amide bonds. The molecule has 0 radical (unpaired) electrons. The Labute approximate surface area is 107 Å². The lowest BCUT2D eigenvalue weighted by molar-refractivity contribution is -0.119. The lowest BCUT2D eigenvalue weighted by Gasteiger charge is -2.13. The molecule has 6 heteroatoms. The highest BCUT2D eigenvalue weighted by atomic mass is 79.9. The summed E-state index contributed by atoms with van der Waals surface area (Å²) < 4.78 is 26.6. The summed E-state index contributed by atoms with van der Waals surface area (Å²) in [6.45, 7) is 1.97. The highest BCUT2D eigenvalue weighted by molar-refractivity contribution is 9.10. The first-order chi connectivity index (χ1) is 7.99. The van der Waals surface area contributed by atoms with Crippen LogP contribution in [0.25, 0.3) is 0 Å². The number of amides is 1. The van der Waals surface area contributed by atoms with Crippen molar-refractivity contribution < 1.29 is 13.6 Å². The fourth-order valence-electron chi connectivity index (χ4n) is 1.31. The van der Waals surface area contributed by atoms with E-state index in [0.29, 0.717) is 6.42 Å². The average Bonchev–Trinajstić information content (AvgIpc) is 2.27. The Hall–Kier alpha value is -1.01. The van der Waals surface area contributed by atoms with E-state index in [4.69, 9.17) is 5.73 Å². The normalized spacial score (nSPS) is 12.3. The number of rotatable bonds is 4. The summed E-state index contributed by atoms with van der Waals surface area (Å²) in [6.07, 6.45) is 0.545. The van der Waals surface area contributed by atoms with Crippen LogP contribution in [0.5, 0.6) is 0 Å². The molecule has 0 spiro atoms. The maximum atomic E-state index is 13.4. The van der Waals surface area contributed by atoms with Crippen LogP contribution < -0.4 is 11.1 Å². The molecule has 0 aromatic heterocycles. The van der Waals surface area contributed by atoms with Crippen LogP contribution in [0.4, 0.5) is 14.5 Å². The standard InChI is InChI=1S/C11H13BrF2N2O/c1-2-6(5-15)11(17)16-10-4-8(13)7(12)3-9(10)14/h3-4,6H,2,5,15H2,1H3,(H,16,17). The van der Waals surface area contributed by atoms with Gasteiger partial charge in [0.05, 0.1) is 16.1 Å². The second-order valence-corrected chi connectivity index (χ2v) is 4.43. The zero-order chi connectivity index (χ0) is 13.0. The minimum atomic E-state index is -0.696. The van der Waals surface area contributed by atoms with Crippen LogP contribution in [0.3, 0.4) is 0 Å². The van der Waals surface area contributed by atoms with Gasteiger partial charge in [-0.1, -0.05) is 6.92 Å². The SMILES string of the molecule is CCC(CN)C(=O)Nc1cc(F)c(Br)cc1F. The van der Waals surface area contributed by atoms with Gasteiger partial charge >= 0.3 is 0 Å². The summed E-state index contributed by atoms with van der Waals surface area (Å²) in [5, 5.41) is 2.33. The van der Waals surface area contributed by atoms with Gasteiger partial charge in [-0.3, -0.25) is 4.79 Å². The molecule has 3 nitrogen and oxygen atoms in total. The van der Waals surface area contributed by atoms with Gasteiger partial charge in [0.15, 0.2) is 0 Å². The van der Waals surface area contributed by atoms with Crippen LogP contribution >= 0.6 is 15.9 Å². The molecule has 1 aromatic rings. The zero-order valence-corrected chi connectivity index (χ0v) is 10.9. The van der Waals surface area contributed by atoms with Gasteiger partial charge in [0.25, 0.3) is 0 Å². The summed E-state index contributed by atoms with van der Waals surface area (Å²) >= 11 is 2.85. The van der Waals surface area contributed by atoms with Crippen molar-refractivity contribution in [1.29, 1.82) is 0 Å². The van der Waals surface area contributed by atoms with Crippen LogP contribution in [0, 0.1) is 17.6 Å². The van der Waals surface area contributed by atoms with Crippen molar-refractivity contribution in [3.63, 3.8) is 0 Å². The number of anilines is 1. The van der Waals surface area contributed by atoms with Crippen LogP contribution in [-0.2, 0) is 4.79 Å². The Morgan fingerprint density at radius 2 is 2.12 bits per heavy atom. The molecule has 0 fully saturated rings. The van der Waals surface area contributed by atoms with E-state index in [1.54, 1.807) is 6.92 Å². The van der Waals surface area contributed by atoms with Gasteiger partial charge in [-0.25, -0.2) is 8.78 Å². The molecule has 0 bridgehead atoms. The smallest absolute Gasteiger partial charge is 0.228 e. The lowest BCUT2D eigenvalue weighted by atomic mass is 10.1. The number of halogens is 3. The molecule has 1 rings (SSSR count). The van der Waals surface area contributed by atoms with Gasteiger partial charge in [-0.2, -0.15) is 0 Å². The number of nitrogens with one attached hydrogen (secondary N) is 1. The first-order valence-corrected chi connectivity index (χ1v) is 5.94. The molecule has 0 saturated carbocycles. The molecule has 0 saturated heterocycles. The Balaban J connectivity index is 2.88. The maximum absolute atomic E-state index is 13.4. The molecule has 1 unspecified atom stereocenters. The molecule has 3 N–H and O–H groups in total. The van der Waals surface area contributed by atoms with Crippen LogP contribution in [-0.4, -0.2) is 12.5 Å². The number of carbonyl (C=O) groups excluding carboxylic acids is 1. The molecule has 94 valence electrons. The van der Waals surface area contributed by atoms with E-state index in [-0.39, 0.29) is 16.7 Å². The molecule has 0 heterocycles. The summed E-state index contributed by atoms with van der Waals surface area (Å²) in [5.41, 5.74) is 5.22. The van der Waals surface area contributed by atoms with E-state index < -0.39 is 23.5 Å². The molecule has 1 atom stereocenters. The maximum Gasteiger partial charge on any atom is 0.228 e. The summed E-state index contributed by atoms with van der Waals surface area (Å²) in [4.78, 5) is 11.6. The Morgan fingerprint density at radius 1 is 1.47 bits per heavy atom. The first kappa shape index (κ1) is 14.1. The molecular weight excluding hydrogens is 294 g/mol. The summed E-state index contributed by atoms with van der Waals surface area (Å²) in [5.74, 6) is -2.14. The van der Waals surface area contributed by atoms with Crippen molar-refractivity contribution in [2.24, 2.45) is 11.7 Å². The second kappa shape index (κ2) is 6.07. The van der Waals surface area contributed by atoms with Gasteiger partial charge in [0.1, 0.15) is 11.6 Å². The number of hydrogen-bond donors (Lipinski definition) is 2. The fourth-order valence-corrected chi connectivity index (χ4v) is 1.63. The van der Waals surface area contributed by atoms with Gasteiger partial charge in [-0.05, 0) is 28.4 Å². The van der Waals surface area contributed by atoms with E-state index >= 15 is 0 Å². The molecule has 0 aliphatic rings. The van der Waals surface area contributed by atoms with Crippen LogP contribution in [0.15, 0.2) is 16.6 Å². The Kier molecular flexibility index (Phi) is 5.02. The number of nitrogens with two attached hydrogens (primary N) is 1. The highest BCUT2D eigenvalue weighted by Crippen LogP contribution is 2.23. The van der Waals surface area contributed by atoms with E-state index in [0.717, 1.165) is 12.1 Å². The number of hydrogen-bond acceptors (Lipinski definition) is 2. The van der Waals surface area contributed by atoms with Crippen molar-refractivity contribution in [3.8, 4) is 0 Å². The van der Waals surface area contributed by atoms with E-state index in [9.17, 15) is 13.6 Å². The predicted molar refractivity (Wildman–Crippen MR) is 65.5 cm³/mol. The van der Waals surface area contributed by atoms with Crippen molar-refractivity contribution in [2.45, 2.75) is 13.3 Å². The Bertz CT molecular complexity index is 422. The third-order valence-corrected chi connectivity index (χ3v) is 3.02. The quantitative estimate of drug-likeness (QED) is 0.840.